The van der Waals surface area contributed by atoms with Crippen LogP contribution in [0.15, 0.2) is 0 Å². The number of carbonyl (C=O) groups is 1. The van der Waals surface area contributed by atoms with Crippen molar-refractivity contribution in [2.45, 2.75) is 39.5 Å². The monoisotopic (exact) mass is 359 g/mol. The van der Waals surface area contributed by atoms with E-state index in [9.17, 15) is 4.79 Å². The SMILES string of the molecule is CCOCCCNC(=O)c1nc2c3c4c(sc3nc(C)n2n1)CCC4. The summed E-state index contributed by atoms with van der Waals surface area (Å²) in [7, 11) is 0. The molecule has 0 spiro atoms. The van der Waals surface area contributed by atoms with Gasteiger partial charge in [-0.05, 0) is 45.1 Å². The summed E-state index contributed by atoms with van der Waals surface area (Å²) in [5, 5.41) is 8.32. The van der Waals surface area contributed by atoms with Crippen LogP contribution in [-0.2, 0) is 17.6 Å². The van der Waals surface area contributed by atoms with E-state index in [0.29, 0.717) is 19.8 Å². The second-order valence-corrected chi connectivity index (χ2v) is 7.26. The minimum atomic E-state index is -0.250. The number of ether oxygens (including phenoxy) is 1. The Morgan fingerprint density at radius 1 is 1.36 bits per heavy atom. The van der Waals surface area contributed by atoms with Crippen molar-refractivity contribution < 1.29 is 9.53 Å². The summed E-state index contributed by atoms with van der Waals surface area (Å²) in [5.74, 6) is 0.705. The van der Waals surface area contributed by atoms with Crippen molar-refractivity contribution >= 4 is 33.1 Å². The van der Waals surface area contributed by atoms with Crippen LogP contribution < -0.4 is 5.32 Å². The Bertz CT molecular complexity index is 946. The number of hydrogen-bond donors (Lipinski definition) is 1. The fraction of sp³-hybridized carbons (Fsp3) is 0.529. The molecule has 3 aromatic heterocycles. The number of fused-ring (bicyclic) bond motifs is 5. The lowest BCUT2D eigenvalue weighted by Gasteiger charge is -2.02. The molecule has 1 N–H and O–H groups in total. The van der Waals surface area contributed by atoms with Gasteiger partial charge >= 0.3 is 0 Å². The van der Waals surface area contributed by atoms with E-state index in [1.54, 1.807) is 15.9 Å². The maximum absolute atomic E-state index is 12.4. The van der Waals surface area contributed by atoms with Crippen LogP contribution >= 0.6 is 11.3 Å². The molecule has 132 valence electrons. The summed E-state index contributed by atoms with van der Waals surface area (Å²) < 4.78 is 6.97. The number of nitrogens with zero attached hydrogens (tertiary/aromatic N) is 4. The van der Waals surface area contributed by atoms with Crippen molar-refractivity contribution in [3.8, 4) is 0 Å². The number of aromatic nitrogens is 4. The summed E-state index contributed by atoms with van der Waals surface area (Å²) in [6, 6.07) is 0. The molecule has 0 aromatic carbocycles. The van der Waals surface area contributed by atoms with Crippen molar-refractivity contribution in [2.75, 3.05) is 19.8 Å². The van der Waals surface area contributed by atoms with Crippen molar-refractivity contribution in [1.29, 1.82) is 0 Å². The highest BCUT2D eigenvalue weighted by Crippen LogP contribution is 2.38. The van der Waals surface area contributed by atoms with Gasteiger partial charge in [0.05, 0.1) is 5.39 Å². The average Bonchev–Trinajstić information content (AvgIpc) is 3.27. The maximum Gasteiger partial charge on any atom is 0.290 e. The lowest BCUT2D eigenvalue weighted by Crippen LogP contribution is -2.26. The molecule has 25 heavy (non-hydrogen) atoms. The molecule has 1 amide bonds. The number of thiophene rings is 1. The van der Waals surface area contributed by atoms with Crippen LogP contribution in [-0.4, -0.2) is 45.2 Å². The number of nitrogens with one attached hydrogen (secondary N) is 1. The molecule has 1 aliphatic rings. The Morgan fingerprint density at radius 2 is 2.24 bits per heavy atom. The van der Waals surface area contributed by atoms with Crippen molar-refractivity contribution in [2.24, 2.45) is 0 Å². The Morgan fingerprint density at radius 3 is 3.08 bits per heavy atom. The Labute approximate surface area is 149 Å². The predicted octanol–water partition coefficient (Wildman–Crippen LogP) is 2.29. The first-order chi connectivity index (χ1) is 12.2. The van der Waals surface area contributed by atoms with E-state index in [1.165, 1.54) is 16.9 Å². The van der Waals surface area contributed by atoms with Gasteiger partial charge in [0.2, 0.25) is 5.82 Å². The average molecular weight is 359 g/mol. The van der Waals surface area contributed by atoms with Gasteiger partial charge in [-0.3, -0.25) is 4.79 Å². The second kappa shape index (κ2) is 6.68. The third-order valence-corrected chi connectivity index (χ3v) is 5.65. The minimum Gasteiger partial charge on any atom is -0.382 e. The van der Waals surface area contributed by atoms with Crippen LogP contribution in [0.3, 0.4) is 0 Å². The largest absolute Gasteiger partial charge is 0.382 e. The zero-order valence-electron chi connectivity index (χ0n) is 14.5. The normalized spacial score (nSPS) is 13.7. The highest BCUT2D eigenvalue weighted by atomic mass is 32.1. The molecule has 0 fully saturated rings. The number of aryl methyl sites for hydroxylation is 3. The highest BCUT2D eigenvalue weighted by molar-refractivity contribution is 7.19. The molecule has 8 heteroatoms. The Balaban J connectivity index is 1.64. The van der Waals surface area contributed by atoms with E-state index in [2.05, 4.69) is 20.4 Å². The van der Waals surface area contributed by atoms with E-state index in [-0.39, 0.29) is 11.7 Å². The van der Waals surface area contributed by atoms with Crippen LogP contribution in [0.2, 0.25) is 0 Å². The second-order valence-electron chi connectivity index (χ2n) is 6.17. The van der Waals surface area contributed by atoms with Crippen LogP contribution in [0.1, 0.15) is 46.6 Å². The van der Waals surface area contributed by atoms with Crippen LogP contribution in [0.5, 0.6) is 0 Å². The lowest BCUT2D eigenvalue weighted by molar-refractivity contribution is 0.0934. The zero-order chi connectivity index (χ0) is 17.4. The lowest BCUT2D eigenvalue weighted by atomic mass is 10.2. The topological polar surface area (TPSA) is 81.4 Å². The van der Waals surface area contributed by atoms with Gasteiger partial charge in [-0.25, -0.2) is 9.97 Å². The van der Waals surface area contributed by atoms with E-state index in [0.717, 1.165) is 41.0 Å². The first kappa shape index (κ1) is 16.4. The van der Waals surface area contributed by atoms with Crippen molar-refractivity contribution in [3.63, 3.8) is 0 Å². The molecule has 3 aromatic rings. The number of hydrogen-bond acceptors (Lipinski definition) is 6. The minimum absolute atomic E-state index is 0.201. The molecule has 0 atom stereocenters. The summed E-state index contributed by atoms with van der Waals surface area (Å²) in [6.07, 6.45) is 4.12. The molecule has 1 aliphatic carbocycles. The quantitative estimate of drug-likeness (QED) is 0.683. The van der Waals surface area contributed by atoms with E-state index >= 15 is 0 Å². The smallest absolute Gasteiger partial charge is 0.290 e. The van der Waals surface area contributed by atoms with Crippen molar-refractivity contribution in [3.05, 3.63) is 22.1 Å². The van der Waals surface area contributed by atoms with Gasteiger partial charge in [0.15, 0.2) is 5.65 Å². The van der Waals surface area contributed by atoms with Gasteiger partial charge in [-0.15, -0.1) is 16.4 Å². The molecule has 0 aliphatic heterocycles. The predicted molar refractivity (Wildman–Crippen MR) is 96.4 cm³/mol. The van der Waals surface area contributed by atoms with Gasteiger partial charge in [-0.1, -0.05) is 0 Å². The Hall–Kier alpha value is -2.06. The first-order valence-corrected chi connectivity index (χ1v) is 9.54. The van der Waals surface area contributed by atoms with Crippen LogP contribution in [0.4, 0.5) is 0 Å². The van der Waals surface area contributed by atoms with Gasteiger partial charge in [-0.2, -0.15) is 4.52 Å². The number of carbonyl (C=O) groups excluding carboxylic acids is 1. The van der Waals surface area contributed by atoms with E-state index in [4.69, 9.17) is 4.74 Å². The van der Waals surface area contributed by atoms with E-state index in [1.807, 2.05) is 13.8 Å². The van der Waals surface area contributed by atoms with Crippen LogP contribution in [0, 0.1) is 6.92 Å². The summed E-state index contributed by atoms with van der Waals surface area (Å²) in [5.41, 5.74) is 2.09. The molecule has 7 nitrogen and oxygen atoms in total. The highest BCUT2D eigenvalue weighted by Gasteiger charge is 2.24. The first-order valence-electron chi connectivity index (χ1n) is 8.72. The van der Waals surface area contributed by atoms with Gasteiger partial charge in [0.25, 0.3) is 5.91 Å². The summed E-state index contributed by atoms with van der Waals surface area (Å²) in [4.78, 5) is 24.0. The number of amides is 1. The zero-order valence-corrected chi connectivity index (χ0v) is 15.3. The molecule has 0 bridgehead atoms. The van der Waals surface area contributed by atoms with Gasteiger partial charge < -0.3 is 10.1 Å². The number of rotatable bonds is 6. The third kappa shape index (κ3) is 2.89. The maximum atomic E-state index is 12.4. The molecule has 4 rings (SSSR count). The molecular weight excluding hydrogens is 338 g/mol. The van der Waals surface area contributed by atoms with Crippen LogP contribution in [0.25, 0.3) is 15.9 Å². The fourth-order valence-electron chi connectivity index (χ4n) is 3.29. The molecular formula is C17H21N5O2S. The Kier molecular flexibility index (Phi) is 4.39. The van der Waals surface area contributed by atoms with Crippen molar-refractivity contribution in [1.82, 2.24) is 24.9 Å². The molecule has 0 radical (unpaired) electrons. The molecule has 0 saturated carbocycles. The molecule has 0 unspecified atom stereocenters. The summed E-state index contributed by atoms with van der Waals surface area (Å²) in [6.45, 7) is 5.73. The standard InChI is InChI=1S/C17H21N5O2S/c1-3-24-9-5-8-18-16(23)14-20-15-13-11-6-4-7-12(11)25-17(13)19-10(2)22(15)21-14/h3-9H2,1-2H3,(H,18,23). The summed E-state index contributed by atoms with van der Waals surface area (Å²) >= 11 is 1.75. The van der Waals surface area contributed by atoms with E-state index < -0.39 is 0 Å². The third-order valence-electron chi connectivity index (χ3n) is 4.46. The van der Waals surface area contributed by atoms with Gasteiger partial charge in [0.1, 0.15) is 10.7 Å². The molecule has 0 saturated heterocycles. The molecule has 3 heterocycles. The fourth-order valence-corrected chi connectivity index (χ4v) is 4.59. The van der Waals surface area contributed by atoms with Gasteiger partial charge in [0, 0.05) is 24.6 Å².